The predicted molar refractivity (Wildman–Crippen MR) is 133 cm³/mol. The third kappa shape index (κ3) is 5.11. The highest BCUT2D eigenvalue weighted by molar-refractivity contribution is 8.14. The molecule has 1 saturated heterocycles. The van der Waals surface area contributed by atoms with Crippen molar-refractivity contribution in [2.75, 3.05) is 48.8 Å². The Morgan fingerprint density at radius 1 is 1.20 bits per heavy atom. The van der Waals surface area contributed by atoms with E-state index in [-0.39, 0.29) is 28.4 Å². The molecule has 2 aliphatic rings. The van der Waals surface area contributed by atoms with Gasteiger partial charge in [0.05, 0.1) is 23.6 Å². The van der Waals surface area contributed by atoms with Gasteiger partial charge >= 0.3 is 5.88 Å². The van der Waals surface area contributed by atoms with E-state index in [1.807, 2.05) is 25.8 Å². The van der Waals surface area contributed by atoms with Crippen molar-refractivity contribution in [1.82, 2.24) is 10.2 Å². The average Bonchev–Trinajstić information content (AvgIpc) is 3.33. The molecule has 0 spiro atoms. The van der Waals surface area contributed by atoms with E-state index in [4.69, 9.17) is 9.26 Å². The third-order valence-electron chi connectivity index (χ3n) is 7.09. The van der Waals surface area contributed by atoms with Crippen molar-refractivity contribution < 1.29 is 28.7 Å². The molecule has 0 saturated carbocycles. The molecule has 35 heavy (non-hydrogen) atoms. The lowest BCUT2D eigenvalue weighted by Crippen LogP contribution is -2.65. The molecule has 1 aromatic carbocycles. The minimum Gasteiger partial charge on any atom is -0.507 e. The van der Waals surface area contributed by atoms with Crippen LogP contribution in [0.1, 0.15) is 42.5 Å². The number of amides is 1. The molecule has 2 N–H and O–H groups in total. The lowest BCUT2D eigenvalue weighted by molar-refractivity contribution is -0.759. The first kappa shape index (κ1) is 25.3. The van der Waals surface area contributed by atoms with Gasteiger partial charge in [-0.15, -0.1) is 0 Å². The van der Waals surface area contributed by atoms with Gasteiger partial charge in [-0.1, -0.05) is 18.7 Å². The number of rotatable bonds is 6. The summed E-state index contributed by atoms with van der Waals surface area (Å²) in [6, 6.07) is 0. The summed E-state index contributed by atoms with van der Waals surface area (Å²) in [5.74, 6) is 0.762. The molecule has 10 nitrogen and oxygen atoms in total. The van der Waals surface area contributed by atoms with Crippen LogP contribution >= 0.6 is 11.8 Å². The Bertz CT molecular complexity index is 1130. The summed E-state index contributed by atoms with van der Waals surface area (Å²) in [4.78, 5) is 29.5. The Kier molecular flexibility index (Phi) is 7.27. The fraction of sp³-hybridized carbons (Fsp3) is 0.583. The van der Waals surface area contributed by atoms with Crippen LogP contribution in [0.4, 0.5) is 5.88 Å². The molecule has 2 aromatic rings. The number of hydrogen-bond acceptors (Lipinski definition) is 9. The largest absolute Gasteiger partial charge is 0.507 e. The minimum atomic E-state index is -1.05. The number of anilines is 1. The molecule has 190 valence electrons. The number of hydrogen-bond donors (Lipinski definition) is 2. The molecule has 3 heterocycles. The maximum absolute atomic E-state index is 13.1. The molecular weight excluding hydrogens is 470 g/mol. The number of phenolic OH excluding ortho intramolecular Hbond substituents is 1. The summed E-state index contributed by atoms with van der Waals surface area (Å²) in [7, 11) is 0. The number of aromatic hydroxyl groups is 1. The Labute approximate surface area is 209 Å². The van der Waals surface area contributed by atoms with Gasteiger partial charge in [-0.05, 0) is 63.8 Å². The highest BCUT2D eigenvalue weighted by atomic mass is 32.2. The number of carbonyl (C=O) groups is 2. The summed E-state index contributed by atoms with van der Waals surface area (Å²) in [6.07, 6.45) is 2.73. The average molecular weight is 505 g/mol. The Hall–Kier alpha value is -2.79. The SMILES string of the molecule is CCN1CCN([n+]2cc(NC(=O)CSC(=O)C3(C)CCc4c(C)c(O)c(C)c(C)c4O3)on2)CC1. The topological polar surface area (TPSA) is 112 Å². The fourth-order valence-electron chi connectivity index (χ4n) is 4.53. The van der Waals surface area contributed by atoms with Gasteiger partial charge in [0.15, 0.2) is 5.60 Å². The zero-order valence-electron chi connectivity index (χ0n) is 21.0. The van der Waals surface area contributed by atoms with Crippen molar-refractivity contribution in [2.24, 2.45) is 0 Å². The maximum Gasteiger partial charge on any atom is 0.305 e. The molecule has 1 unspecified atom stereocenters. The number of phenols is 1. The highest BCUT2D eigenvalue weighted by Gasteiger charge is 2.41. The van der Waals surface area contributed by atoms with Gasteiger partial charge in [-0.25, -0.2) is 0 Å². The minimum absolute atomic E-state index is 0.0624. The van der Waals surface area contributed by atoms with Gasteiger partial charge < -0.3 is 9.84 Å². The molecule has 1 atom stereocenters. The van der Waals surface area contributed by atoms with Crippen LogP contribution in [-0.4, -0.2) is 70.4 Å². The molecule has 1 aromatic heterocycles. The predicted octanol–water partition coefficient (Wildman–Crippen LogP) is 1.85. The molecule has 11 heteroatoms. The van der Waals surface area contributed by atoms with Crippen molar-refractivity contribution >= 4 is 28.7 Å². The van der Waals surface area contributed by atoms with Crippen molar-refractivity contribution in [3.05, 3.63) is 28.5 Å². The summed E-state index contributed by atoms with van der Waals surface area (Å²) in [5, 5.41) is 18.9. The Morgan fingerprint density at radius 2 is 1.91 bits per heavy atom. The second-order valence-corrected chi connectivity index (χ2v) is 10.3. The van der Waals surface area contributed by atoms with Gasteiger partial charge in [0.1, 0.15) is 11.5 Å². The number of benzene rings is 1. The van der Waals surface area contributed by atoms with Gasteiger partial charge in [0.2, 0.25) is 16.3 Å². The Morgan fingerprint density at radius 3 is 2.60 bits per heavy atom. The number of thioether (sulfide) groups is 1. The number of nitrogens with zero attached hydrogens (tertiary/aromatic N) is 4. The summed E-state index contributed by atoms with van der Waals surface area (Å²) in [6.45, 7) is 14.1. The van der Waals surface area contributed by atoms with Crippen LogP contribution in [0.2, 0.25) is 0 Å². The monoisotopic (exact) mass is 504 g/mol. The van der Waals surface area contributed by atoms with E-state index in [1.54, 1.807) is 17.9 Å². The van der Waals surface area contributed by atoms with Gasteiger partial charge in [-0.3, -0.25) is 24.3 Å². The maximum atomic E-state index is 13.1. The quantitative estimate of drug-likeness (QED) is 0.569. The molecule has 1 fully saturated rings. The van der Waals surface area contributed by atoms with Crippen LogP contribution in [0.15, 0.2) is 10.7 Å². The van der Waals surface area contributed by atoms with Crippen LogP contribution in [-0.2, 0) is 16.0 Å². The van der Waals surface area contributed by atoms with E-state index in [9.17, 15) is 14.7 Å². The molecule has 0 aliphatic carbocycles. The van der Waals surface area contributed by atoms with Crippen LogP contribution in [0.25, 0.3) is 0 Å². The number of carbonyl (C=O) groups excluding carboxylic acids is 2. The normalized spacial score (nSPS) is 20.3. The third-order valence-corrected chi connectivity index (χ3v) is 8.19. The molecular formula is C24H34N5O5S+. The molecule has 2 aliphatic heterocycles. The van der Waals surface area contributed by atoms with E-state index in [0.29, 0.717) is 18.6 Å². The smallest absolute Gasteiger partial charge is 0.305 e. The number of nitrogens with one attached hydrogen (secondary N) is 1. The second kappa shape index (κ2) is 10.1. The molecule has 1 amide bonds. The van der Waals surface area contributed by atoms with Gasteiger partial charge in [0.25, 0.3) is 6.20 Å². The van der Waals surface area contributed by atoms with Crippen LogP contribution < -0.4 is 19.9 Å². The van der Waals surface area contributed by atoms with Crippen molar-refractivity contribution in [3.63, 3.8) is 0 Å². The zero-order valence-corrected chi connectivity index (χ0v) is 21.8. The Balaban J connectivity index is 1.32. The zero-order chi connectivity index (χ0) is 25.3. The summed E-state index contributed by atoms with van der Waals surface area (Å²) < 4.78 is 11.5. The fourth-order valence-corrected chi connectivity index (χ4v) is 5.32. The first-order valence-electron chi connectivity index (χ1n) is 12.0. The van der Waals surface area contributed by atoms with Gasteiger partial charge in [0, 0.05) is 18.7 Å². The second-order valence-electron chi connectivity index (χ2n) is 9.36. The molecule has 0 bridgehead atoms. The first-order valence-corrected chi connectivity index (χ1v) is 13.0. The summed E-state index contributed by atoms with van der Waals surface area (Å²) >= 11 is 0.929. The van der Waals surface area contributed by atoms with E-state index in [1.165, 1.54) is 0 Å². The van der Waals surface area contributed by atoms with Crippen molar-refractivity contribution in [1.29, 1.82) is 0 Å². The van der Waals surface area contributed by atoms with Crippen LogP contribution in [0.3, 0.4) is 0 Å². The number of likely N-dealkylation sites (N-methyl/N-ethyl adjacent to an activating group) is 1. The number of fused-ring (bicyclic) bond motifs is 1. The number of piperazine rings is 1. The van der Waals surface area contributed by atoms with E-state index in [2.05, 4.69) is 22.4 Å². The van der Waals surface area contributed by atoms with Crippen LogP contribution in [0, 0.1) is 20.8 Å². The lowest BCUT2D eigenvalue weighted by Gasteiger charge is -2.36. The van der Waals surface area contributed by atoms with Crippen molar-refractivity contribution in [3.8, 4) is 11.5 Å². The van der Waals surface area contributed by atoms with E-state index >= 15 is 0 Å². The van der Waals surface area contributed by atoms with Crippen LogP contribution in [0.5, 0.6) is 11.5 Å². The molecule has 4 rings (SSSR count). The standard InChI is InChI=1S/C24H33N5O5S/c1-6-27-9-11-28(12-10-27)29-13-20(34-26-29)25-19(30)14-35-23(32)24(5)8-7-18-17(4)21(31)15(2)16(3)22(18)33-24/h13H,6-12,14H2,1-5H3,(H-,25,26,30,31)/p+1. The lowest BCUT2D eigenvalue weighted by atomic mass is 9.87. The highest BCUT2D eigenvalue weighted by Crippen LogP contribution is 2.44. The number of ether oxygens (including phenoxy) is 1. The van der Waals surface area contributed by atoms with E-state index < -0.39 is 5.60 Å². The van der Waals surface area contributed by atoms with Gasteiger partial charge in [-0.2, -0.15) is 5.01 Å². The first-order chi connectivity index (χ1) is 16.6. The number of aromatic nitrogens is 2. The summed E-state index contributed by atoms with van der Waals surface area (Å²) in [5.41, 5.74) is 2.27. The van der Waals surface area contributed by atoms with E-state index in [0.717, 1.165) is 66.7 Å². The molecule has 0 radical (unpaired) electrons. The van der Waals surface area contributed by atoms with Crippen molar-refractivity contribution in [2.45, 2.75) is 53.1 Å².